The molecule has 1 aliphatic carbocycles. The molecule has 0 heterocycles. The Bertz CT molecular complexity index is 596. The lowest BCUT2D eigenvalue weighted by atomic mass is 9.95. The van der Waals surface area contributed by atoms with E-state index < -0.39 is 15.8 Å². The first-order valence-electron chi connectivity index (χ1n) is 7.52. The second kappa shape index (κ2) is 7.69. The van der Waals surface area contributed by atoms with Crippen LogP contribution in [-0.2, 0) is 14.8 Å². The van der Waals surface area contributed by atoms with Gasteiger partial charge in [-0.05, 0) is 37.1 Å². The minimum absolute atomic E-state index is 0.0124. The van der Waals surface area contributed by atoms with Crippen LogP contribution in [0.2, 0.25) is 0 Å². The van der Waals surface area contributed by atoms with Crippen LogP contribution in [-0.4, -0.2) is 26.9 Å². The third kappa shape index (κ3) is 5.06. The van der Waals surface area contributed by atoms with Crippen LogP contribution < -0.4 is 10.0 Å². The number of halogens is 1. The second-order valence-corrected chi connectivity index (χ2v) is 7.27. The molecular weight excluding hydrogens is 307 g/mol. The lowest BCUT2D eigenvalue weighted by molar-refractivity contribution is -0.121. The standard InChI is InChI=1S/C15H21FN2O3S/c16-12-6-8-14(9-7-12)22(20,21)17-11-10-15(19)18-13-4-2-1-3-5-13/h6-9,13,17H,1-5,10-11H2,(H,18,19). The molecule has 1 amide bonds. The summed E-state index contributed by atoms with van der Waals surface area (Å²) in [5, 5.41) is 2.93. The van der Waals surface area contributed by atoms with Crippen molar-refractivity contribution in [1.29, 1.82) is 0 Å². The summed E-state index contributed by atoms with van der Waals surface area (Å²) in [6.45, 7) is 0.0261. The van der Waals surface area contributed by atoms with Crippen molar-refractivity contribution in [1.82, 2.24) is 10.0 Å². The number of sulfonamides is 1. The van der Waals surface area contributed by atoms with Crippen molar-refractivity contribution in [2.45, 2.75) is 49.5 Å². The maximum absolute atomic E-state index is 12.8. The lowest BCUT2D eigenvalue weighted by Crippen LogP contribution is -2.38. The van der Waals surface area contributed by atoms with Crippen molar-refractivity contribution >= 4 is 15.9 Å². The van der Waals surface area contributed by atoms with E-state index in [1.54, 1.807) is 0 Å². The molecule has 1 aromatic carbocycles. The summed E-state index contributed by atoms with van der Waals surface area (Å²) in [4.78, 5) is 11.8. The molecule has 0 radical (unpaired) electrons. The summed E-state index contributed by atoms with van der Waals surface area (Å²) in [5.41, 5.74) is 0. The van der Waals surface area contributed by atoms with E-state index in [4.69, 9.17) is 0 Å². The third-order valence-corrected chi connectivity index (χ3v) is 5.22. The fourth-order valence-corrected chi connectivity index (χ4v) is 3.57. The van der Waals surface area contributed by atoms with Crippen LogP contribution in [0, 0.1) is 5.82 Å². The van der Waals surface area contributed by atoms with E-state index in [1.165, 1.54) is 18.6 Å². The molecule has 1 fully saturated rings. The van der Waals surface area contributed by atoms with Gasteiger partial charge in [-0.1, -0.05) is 19.3 Å². The van der Waals surface area contributed by atoms with Gasteiger partial charge in [0.2, 0.25) is 15.9 Å². The zero-order valence-corrected chi connectivity index (χ0v) is 13.2. The maximum Gasteiger partial charge on any atom is 0.240 e. The van der Waals surface area contributed by atoms with Crippen molar-refractivity contribution in [2.75, 3.05) is 6.54 Å². The quantitative estimate of drug-likeness (QED) is 0.838. The first-order chi connectivity index (χ1) is 10.5. The molecular formula is C15H21FN2O3S. The molecule has 1 saturated carbocycles. The normalized spacial score (nSPS) is 16.4. The van der Waals surface area contributed by atoms with Crippen molar-refractivity contribution < 1.29 is 17.6 Å². The van der Waals surface area contributed by atoms with E-state index in [9.17, 15) is 17.6 Å². The number of hydrogen-bond acceptors (Lipinski definition) is 3. The number of nitrogens with one attached hydrogen (secondary N) is 2. The van der Waals surface area contributed by atoms with Crippen molar-refractivity contribution in [2.24, 2.45) is 0 Å². The Labute approximate surface area is 130 Å². The Morgan fingerprint density at radius 2 is 1.77 bits per heavy atom. The summed E-state index contributed by atoms with van der Waals surface area (Å²) < 4.78 is 39.0. The average molecular weight is 328 g/mol. The van der Waals surface area contributed by atoms with Gasteiger partial charge in [-0.25, -0.2) is 17.5 Å². The molecule has 0 saturated heterocycles. The largest absolute Gasteiger partial charge is 0.353 e. The summed E-state index contributed by atoms with van der Waals surface area (Å²) >= 11 is 0. The highest BCUT2D eigenvalue weighted by Crippen LogP contribution is 2.17. The molecule has 1 aliphatic rings. The number of carbonyl (C=O) groups is 1. The number of carbonyl (C=O) groups excluding carboxylic acids is 1. The van der Waals surface area contributed by atoms with E-state index in [0.29, 0.717) is 0 Å². The smallest absolute Gasteiger partial charge is 0.240 e. The van der Waals surface area contributed by atoms with Gasteiger partial charge in [-0.15, -0.1) is 0 Å². The van der Waals surface area contributed by atoms with Gasteiger partial charge in [0.05, 0.1) is 4.90 Å². The highest BCUT2D eigenvalue weighted by molar-refractivity contribution is 7.89. The molecule has 1 aromatic rings. The number of hydrogen-bond donors (Lipinski definition) is 2. The molecule has 2 rings (SSSR count). The highest BCUT2D eigenvalue weighted by Gasteiger charge is 2.17. The Morgan fingerprint density at radius 3 is 2.41 bits per heavy atom. The topological polar surface area (TPSA) is 75.3 Å². The zero-order chi connectivity index (χ0) is 16.0. The van der Waals surface area contributed by atoms with Crippen LogP contribution in [0.4, 0.5) is 4.39 Å². The summed E-state index contributed by atoms with van der Waals surface area (Å²) in [6, 6.07) is 4.78. The van der Waals surface area contributed by atoms with E-state index >= 15 is 0 Å². The van der Waals surface area contributed by atoms with Crippen molar-refractivity contribution in [3.05, 3.63) is 30.1 Å². The highest BCUT2D eigenvalue weighted by atomic mass is 32.2. The molecule has 5 nitrogen and oxygen atoms in total. The maximum atomic E-state index is 12.8. The summed E-state index contributed by atoms with van der Waals surface area (Å²) in [7, 11) is -3.70. The Hall–Kier alpha value is -1.47. The van der Waals surface area contributed by atoms with Gasteiger partial charge in [0, 0.05) is 19.0 Å². The molecule has 0 aromatic heterocycles. The molecule has 0 spiro atoms. The van der Waals surface area contributed by atoms with Crippen LogP contribution in [0.25, 0.3) is 0 Å². The molecule has 2 N–H and O–H groups in total. The van der Waals surface area contributed by atoms with Gasteiger partial charge in [0.25, 0.3) is 0 Å². The fourth-order valence-electron chi connectivity index (χ4n) is 2.54. The minimum Gasteiger partial charge on any atom is -0.353 e. The predicted octanol–water partition coefficient (Wildman–Crippen LogP) is 1.94. The van der Waals surface area contributed by atoms with Gasteiger partial charge in [0.1, 0.15) is 5.82 Å². The van der Waals surface area contributed by atoms with Crippen molar-refractivity contribution in [3.63, 3.8) is 0 Å². The predicted molar refractivity (Wildman–Crippen MR) is 81.2 cm³/mol. The summed E-state index contributed by atoms with van der Waals surface area (Å²) in [6.07, 6.45) is 5.55. The molecule has 0 atom stereocenters. The Balaban J connectivity index is 1.77. The first kappa shape index (κ1) is 16.9. The molecule has 122 valence electrons. The van der Waals surface area contributed by atoms with Gasteiger partial charge in [-0.3, -0.25) is 4.79 Å². The Kier molecular flexibility index (Phi) is 5.90. The third-order valence-electron chi connectivity index (χ3n) is 3.74. The van der Waals surface area contributed by atoms with Crippen LogP contribution in [0.1, 0.15) is 38.5 Å². The average Bonchev–Trinajstić information content (AvgIpc) is 2.48. The zero-order valence-electron chi connectivity index (χ0n) is 12.3. The number of benzene rings is 1. The lowest BCUT2D eigenvalue weighted by Gasteiger charge is -2.22. The number of rotatable bonds is 6. The van der Waals surface area contributed by atoms with E-state index in [0.717, 1.165) is 37.8 Å². The van der Waals surface area contributed by atoms with Crippen LogP contribution in [0.3, 0.4) is 0 Å². The molecule has 0 aliphatic heterocycles. The van der Waals surface area contributed by atoms with Gasteiger partial charge in [-0.2, -0.15) is 0 Å². The van der Waals surface area contributed by atoms with E-state index in [2.05, 4.69) is 10.0 Å². The molecule has 22 heavy (non-hydrogen) atoms. The van der Waals surface area contributed by atoms with Crippen LogP contribution >= 0.6 is 0 Å². The fraction of sp³-hybridized carbons (Fsp3) is 0.533. The second-order valence-electron chi connectivity index (χ2n) is 5.50. The van der Waals surface area contributed by atoms with Gasteiger partial charge in [0.15, 0.2) is 0 Å². The van der Waals surface area contributed by atoms with Gasteiger partial charge < -0.3 is 5.32 Å². The monoisotopic (exact) mass is 328 g/mol. The minimum atomic E-state index is -3.70. The molecule has 0 unspecified atom stereocenters. The van der Waals surface area contributed by atoms with E-state index in [-0.39, 0.29) is 29.8 Å². The number of amides is 1. The van der Waals surface area contributed by atoms with Crippen LogP contribution in [0.5, 0.6) is 0 Å². The Morgan fingerprint density at radius 1 is 1.14 bits per heavy atom. The van der Waals surface area contributed by atoms with E-state index in [1.807, 2.05) is 0 Å². The van der Waals surface area contributed by atoms with Crippen LogP contribution in [0.15, 0.2) is 29.2 Å². The SMILES string of the molecule is O=C(CCNS(=O)(=O)c1ccc(F)cc1)NC1CCCCC1. The molecule has 0 bridgehead atoms. The summed E-state index contributed by atoms with van der Waals surface area (Å²) in [5.74, 6) is -0.639. The van der Waals surface area contributed by atoms with Gasteiger partial charge >= 0.3 is 0 Å². The molecule has 7 heteroatoms. The first-order valence-corrected chi connectivity index (χ1v) is 9.00. The van der Waals surface area contributed by atoms with Crippen molar-refractivity contribution in [3.8, 4) is 0 Å².